The molecule has 0 atom stereocenters. The van der Waals surface area contributed by atoms with Gasteiger partial charge in [-0.2, -0.15) is 0 Å². The lowest BCUT2D eigenvalue weighted by Crippen LogP contribution is -2.36. The molecule has 3 heterocycles. The Bertz CT molecular complexity index is 1110. The number of ether oxygens (including phenoxy) is 1. The summed E-state index contributed by atoms with van der Waals surface area (Å²) >= 11 is 3.38. The van der Waals surface area contributed by atoms with Crippen molar-refractivity contribution in [2.75, 3.05) is 36.9 Å². The summed E-state index contributed by atoms with van der Waals surface area (Å²) in [6.07, 6.45) is 0. The van der Waals surface area contributed by atoms with E-state index in [0.29, 0.717) is 24.9 Å². The van der Waals surface area contributed by atoms with Gasteiger partial charge in [-0.25, -0.2) is 0 Å². The van der Waals surface area contributed by atoms with Crippen molar-refractivity contribution in [3.05, 3.63) is 58.8 Å². The van der Waals surface area contributed by atoms with Crippen LogP contribution in [-0.2, 0) is 4.74 Å². The molecule has 0 spiro atoms. The number of nitrogens with two attached hydrogens (primary N) is 1. The minimum atomic E-state index is -0.0537. The summed E-state index contributed by atoms with van der Waals surface area (Å²) in [6.45, 7) is 6.72. The summed E-state index contributed by atoms with van der Waals surface area (Å²) in [6, 6.07) is 15.2. The highest BCUT2D eigenvalue weighted by molar-refractivity contribution is 8.05. The average Bonchev–Trinajstić information content (AvgIpc) is 2.79. The Labute approximate surface area is 184 Å². The van der Waals surface area contributed by atoms with Crippen LogP contribution in [0, 0.1) is 0 Å². The van der Waals surface area contributed by atoms with Gasteiger partial charge in [0, 0.05) is 56.1 Å². The quantitative estimate of drug-likeness (QED) is 0.420. The zero-order chi connectivity index (χ0) is 21.1. The molecule has 0 aliphatic carbocycles. The van der Waals surface area contributed by atoms with E-state index in [0.717, 1.165) is 43.9 Å². The van der Waals surface area contributed by atoms with Crippen molar-refractivity contribution in [2.45, 2.75) is 33.4 Å². The number of nitrogen functional groups attached to an aromatic ring is 1. The van der Waals surface area contributed by atoms with Crippen molar-refractivity contribution in [3.8, 4) is 11.3 Å². The van der Waals surface area contributed by atoms with E-state index >= 15 is 0 Å². The standard InChI is InChI=1S/C21H18N2O3S2.C2H6/c22-13-4-5-17-19(10-13)27-18-3-1-2-15(21(18)28-17)16-11-14(24)12-20(26-16)23-6-8-25-9-7-23;1-2/h1-5,10-12H,6-9,22H2;1-2H3. The number of nitrogens with zero attached hydrogens (tertiary/aromatic N) is 1. The Hall–Kier alpha value is -2.35. The first kappa shape index (κ1) is 20.9. The highest BCUT2D eigenvalue weighted by Gasteiger charge is 2.23. The Morgan fingerprint density at radius 3 is 2.53 bits per heavy atom. The Morgan fingerprint density at radius 1 is 0.933 bits per heavy atom. The first-order chi connectivity index (χ1) is 14.7. The summed E-state index contributed by atoms with van der Waals surface area (Å²) in [5.41, 5.74) is 7.58. The predicted molar refractivity (Wildman–Crippen MR) is 124 cm³/mol. The fourth-order valence-electron chi connectivity index (χ4n) is 3.35. The van der Waals surface area contributed by atoms with Crippen molar-refractivity contribution >= 4 is 35.1 Å². The minimum Gasteiger partial charge on any atom is -0.440 e. The van der Waals surface area contributed by atoms with Crippen LogP contribution in [-0.4, -0.2) is 26.3 Å². The molecule has 1 aromatic heterocycles. The lowest BCUT2D eigenvalue weighted by atomic mass is 10.1. The second-order valence-electron chi connectivity index (χ2n) is 6.64. The van der Waals surface area contributed by atoms with E-state index in [1.807, 2.05) is 44.2 Å². The number of benzene rings is 2. The molecule has 1 fully saturated rings. The SMILES string of the molecule is CC.Nc1ccc2c(c1)Sc1cccc(-c3cc(=O)cc(N4CCOCC4)o3)c1S2. The molecule has 0 saturated carbocycles. The van der Waals surface area contributed by atoms with Crippen LogP contribution in [0.5, 0.6) is 0 Å². The van der Waals surface area contributed by atoms with Crippen LogP contribution >= 0.6 is 23.5 Å². The molecule has 0 bridgehead atoms. The van der Waals surface area contributed by atoms with E-state index in [2.05, 4.69) is 11.0 Å². The lowest BCUT2D eigenvalue weighted by Gasteiger charge is -2.27. The van der Waals surface area contributed by atoms with Crippen molar-refractivity contribution in [1.82, 2.24) is 0 Å². The number of morpholine rings is 1. The molecule has 2 aromatic carbocycles. The van der Waals surface area contributed by atoms with Gasteiger partial charge in [0.2, 0.25) is 0 Å². The molecule has 2 N–H and O–H groups in total. The molecule has 0 radical (unpaired) electrons. The minimum absolute atomic E-state index is 0.0537. The van der Waals surface area contributed by atoms with Crippen LogP contribution < -0.4 is 16.1 Å². The molecule has 0 amide bonds. The summed E-state index contributed by atoms with van der Waals surface area (Å²) < 4.78 is 11.6. The van der Waals surface area contributed by atoms with Crippen LogP contribution in [0.25, 0.3) is 11.3 Å². The lowest BCUT2D eigenvalue weighted by molar-refractivity contribution is 0.120. The van der Waals surface area contributed by atoms with E-state index in [1.165, 1.54) is 0 Å². The maximum atomic E-state index is 12.4. The van der Waals surface area contributed by atoms with Crippen LogP contribution in [0.2, 0.25) is 0 Å². The normalized spacial score (nSPS) is 14.9. The van der Waals surface area contributed by atoms with Gasteiger partial charge in [0.05, 0.1) is 13.2 Å². The van der Waals surface area contributed by atoms with Gasteiger partial charge in [-0.1, -0.05) is 49.5 Å². The molecule has 2 aliphatic rings. The van der Waals surface area contributed by atoms with Crippen LogP contribution in [0.15, 0.2) is 77.3 Å². The van der Waals surface area contributed by atoms with Crippen LogP contribution in [0.4, 0.5) is 11.6 Å². The number of hydrogen-bond acceptors (Lipinski definition) is 7. The van der Waals surface area contributed by atoms with Gasteiger partial charge in [0.15, 0.2) is 11.3 Å². The molecule has 5 rings (SSSR count). The van der Waals surface area contributed by atoms with Gasteiger partial charge in [0.1, 0.15) is 5.76 Å². The largest absolute Gasteiger partial charge is 0.440 e. The number of fused-ring (bicyclic) bond motifs is 2. The first-order valence-corrected chi connectivity index (χ1v) is 11.7. The summed E-state index contributed by atoms with van der Waals surface area (Å²) in [4.78, 5) is 19.0. The van der Waals surface area contributed by atoms with Crippen molar-refractivity contribution in [1.29, 1.82) is 0 Å². The Morgan fingerprint density at radius 2 is 1.73 bits per heavy atom. The monoisotopic (exact) mass is 440 g/mol. The summed E-state index contributed by atoms with van der Waals surface area (Å²) in [5, 5.41) is 0. The third-order valence-electron chi connectivity index (χ3n) is 4.72. The maximum absolute atomic E-state index is 12.4. The zero-order valence-electron chi connectivity index (χ0n) is 17.0. The van der Waals surface area contributed by atoms with E-state index in [1.54, 1.807) is 35.7 Å². The third-order valence-corrected chi connectivity index (χ3v) is 7.32. The van der Waals surface area contributed by atoms with E-state index in [9.17, 15) is 4.79 Å². The first-order valence-electron chi connectivity index (χ1n) is 10.0. The van der Waals surface area contributed by atoms with Gasteiger partial charge in [0.25, 0.3) is 0 Å². The number of anilines is 2. The van der Waals surface area contributed by atoms with Gasteiger partial charge in [-0.3, -0.25) is 4.79 Å². The molecule has 2 aliphatic heterocycles. The molecule has 30 heavy (non-hydrogen) atoms. The highest BCUT2D eigenvalue weighted by Crippen LogP contribution is 2.52. The topological polar surface area (TPSA) is 68.7 Å². The Balaban J connectivity index is 0.00000106. The van der Waals surface area contributed by atoms with Crippen molar-refractivity contribution in [2.24, 2.45) is 0 Å². The van der Waals surface area contributed by atoms with Gasteiger partial charge >= 0.3 is 0 Å². The summed E-state index contributed by atoms with van der Waals surface area (Å²) in [5.74, 6) is 1.20. The van der Waals surface area contributed by atoms with Crippen LogP contribution in [0.1, 0.15) is 13.8 Å². The van der Waals surface area contributed by atoms with E-state index in [4.69, 9.17) is 14.9 Å². The fraction of sp³-hybridized carbons (Fsp3) is 0.261. The van der Waals surface area contributed by atoms with Gasteiger partial charge in [-0.05, 0) is 24.3 Å². The van der Waals surface area contributed by atoms with Crippen LogP contribution in [0.3, 0.4) is 0 Å². The Kier molecular flexibility index (Phi) is 6.41. The molecule has 3 aromatic rings. The third kappa shape index (κ3) is 4.24. The van der Waals surface area contributed by atoms with Crippen molar-refractivity contribution < 1.29 is 9.15 Å². The maximum Gasteiger partial charge on any atom is 0.200 e. The van der Waals surface area contributed by atoms with Gasteiger partial charge < -0.3 is 19.8 Å². The second-order valence-corrected chi connectivity index (χ2v) is 8.77. The molecule has 1 saturated heterocycles. The molecular weight excluding hydrogens is 416 g/mol. The predicted octanol–water partition coefficient (Wildman–Crippen LogP) is 5.37. The fourth-order valence-corrected chi connectivity index (χ4v) is 5.76. The molecule has 156 valence electrons. The summed E-state index contributed by atoms with van der Waals surface area (Å²) in [7, 11) is 0. The zero-order valence-corrected chi connectivity index (χ0v) is 18.6. The molecular formula is C23H24N2O3S2. The second kappa shape index (κ2) is 9.20. The average molecular weight is 441 g/mol. The van der Waals surface area contributed by atoms with E-state index < -0.39 is 0 Å². The smallest absolute Gasteiger partial charge is 0.200 e. The molecule has 0 unspecified atom stereocenters. The number of hydrogen-bond donors (Lipinski definition) is 1. The van der Waals surface area contributed by atoms with Gasteiger partial charge in [-0.15, -0.1) is 0 Å². The highest BCUT2D eigenvalue weighted by atomic mass is 32.2. The number of rotatable bonds is 2. The van der Waals surface area contributed by atoms with E-state index in [-0.39, 0.29) is 5.43 Å². The van der Waals surface area contributed by atoms with Crippen molar-refractivity contribution in [3.63, 3.8) is 0 Å². The molecule has 7 heteroatoms. The molecule has 5 nitrogen and oxygen atoms in total.